The van der Waals surface area contributed by atoms with Crippen molar-refractivity contribution < 1.29 is 9.13 Å². The van der Waals surface area contributed by atoms with Crippen LogP contribution < -0.4 is 4.74 Å². The Bertz CT molecular complexity index is 327. The van der Waals surface area contributed by atoms with Crippen LogP contribution in [-0.2, 0) is 0 Å². The van der Waals surface area contributed by atoms with E-state index in [2.05, 4.69) is 0 Å². The first-order valence-corrected chi connectivity index (χ1v) is 5.33. The molecule has 0 aromatic heterocycles. The Morgan fingerprint density at radius 1 is 1.50 bits per heavy atom. The van der Waals surface area contributed by atoms with Gasteiger partial charge in [0.2, 0.25) is 0 Å². The molecule has 0 bridgehead atoms. The van der Waals surface area contributed by atoms with Crippen molar-refractivity contribution in [3.63, 3.8) is 0 Å². The van der Waals surface area contributed by atoms with Crippen LogP contribution in [0.2, 0.25) is 0 Å². The van der Waals surface area contributed by atoms with Crippen molar-refractivity contribution in [2.24, 2.45) is 0 Å². The predicted octanol–water partition coefficient (Wildman–Crippen LogP) is 3.32. The van der Waals surface area contributed by atoms with Crippen molar-refractivity contribution in [1.82, 2.24) is 0 Å². The molecule has 0 N–H and O–H groups in total. The van der Waals surface area contributed by atoms with Crippen molar-refractivity contribution in [3.05, 3.63) is 29.6 Å². The molecule has 1 heterocycles. The van der Waals surface area contributed by atoms with E-state index in [1.165, 1.54) is 6.07 Å². The maximum absolute atomic E-state index is 13.0. The molecule has 14 heavy (non-hydrogen) atoms. The molecule has 0 spiro atoms. The lowest BCUT2D eigenvalue weighted by Crippen LogP contribution is -2.00. The highest BCUT2D eigenvalue weighted by Gasteiger charge is 2.23. The largest absolute Gasteiger partial charge is 0.493 e. The lowest BCUT2D eigenvalue weighted by atomic mass is 9.97. The lowest BCUT2D eigenvalue weighted by molar-refractivity contribution is 0.324. The zero-order valence-electron chi connectivity index (χ0n) is 7.80. The van der Waals surface area contributed by atoms with Gasteiger partial charge in [0.25, 0.3) is 0 Å². The number of hydrogen-bond donors (Lipinski definition) is 0. The van der Waals surface area contributed by atoms with Crippen LogP contribution in [0, 0.1) is 5.82 Å². The Labute approximate surface area is 87.8 Å². The van der Waals surface area contributed by atoms with E-state index in [0.29, 0.717) is 18.4 Å². The van der Waals surface area contributed by atoms with Crippen LogP contribution >= 0.6 is 11.6 Å². The minimum Gasteiger partial charge on any atom is -0.493 e. The molecule has 1 aliphatic rings. The van der Waals surface area contributed by atoms with E-state index >= 15 is 0 Å². The lowest BCUT2D eigenvalue weighted by Gasteiger charge is -2.06. The highest BCUT2D eigenvalue weighted by atomic mass is 35.5. The number of benzene rings is 1. The molecule has 0 fully saturated rings. The fraction of sp³-hybridized carbons (Fsp3) is 0.455. The van der Waals surface area contributed by atoms with Crippen molar-refractivity contribution in [2.75, 3.05) is 12.5 Å². The average Bonchev–Trinajstić information content (AvgIpc) is 2.57. The maximum Gasteiger partial charge on any atom is 0.123 e. The average molecular weight is 215 g/mol. The number of halogens is 2. The molecule has 1 unspecified atom stereocenters. The zero-order chi connectivity index (χ0) is 9.97. The van der Waals surface area contributed by atoms with Gasteiger partial charge in [0.1, 0.15) is 11.6 Å². The van der Waals surface area contributed by atoms with E-state index in [9.17, 15) is 4.39 Å². The molecule has 0 saturated carbocycles. The van der Waals surface area contributed by atoms with Crippen molar-refractivity contribution >= 4 is 11.6 Å². The number of fused-ring (bicyclic) bond motifs is 1. The molecular weight excluding hydrogens is 203 g/mol. The molecule has 2 rings (SSSR count). The minimum atomic E-state index is -0.190. The molecule has 1 aromatic carbocycles. The fourth-order valence-electron chi connectivity index (χ4n) is 1.81. The van der Waals surface area contributed by atoms with Gasteiger partial charge in [-0.1, -0.05) is 0 Å². The van der Waals surface area contributed by atoms with Gasteiger partial charge < -0.3 is 4.74 Å². The molecule has 0 radical (unpaired) electrons. The van der Waals surface area contributed by atoms with E-state index in [-0.39, 0.29) is 5.82 Å². The van der Waals surface area contributed by atoms with Gasteiger partial charge in [-0.15, -0.1) is 11.6 Å². The summed E-state index contributed by atoms with van der Waals surface area (Å²) in [5.41, 5.74) is 0.995. The fourth-order valence-corrected chi connectivity index (χ4v) is 1.97. The summed E-state index contributed by atoms with van der Waals surface area (Å²) in [5, 5.41) is 0. The first-order valence-electron chi connectivity index (χ1n) is 4.79. The number of rotatable bonds is 3. The van der Waals surface area contributed by atoms with E-state index in [0.717, 1.165) is 24.2 Å². The standard InChI is InChI=1S/C11H12ClFO/c12-5-1-2-8-7-14-11-4-3-9(13)6-10(8)11/h3-4,6,8H,1-2,5,7H2. The summed E-state index contributed by atoms with van der Waals surface area (Å²) < 4.78 is 18.4. The second kappa shape index (κ2) is 4.18. The monoisotopic (exact) mass is 214 g/mol. The smallest absolute Gasteiger partial charge is 0.123 e. The summed E-state index contributed by atoms with van der Waals surface area (Å²) in [4.78, 5) is 0. The first-order chi connectivity index (χ1) is 6.81. The Hall–Kier alpha value is -0.760. The molecule has 0 aliphatic carbocycles. The topological polar surface area (TPSA) is 9.23 Å². The molecule has 1 atom stereocenters. The second-order valence-corrected chi connectivity index (χ2v) is 3.90. The molecule has 3 heteroatoms. The van der Waals surface area contributed by atoms with E-state index in [1.807, 2.05) is 0 Å². The Kier molecular flexibility index (Phi) is 2.92. The van der Waals surface area contributed by atoms with Crippen LogP contribution in [0.15, 0.2) is 18.2 Å². The Balaban J connectivity index is 2.16. The summed E-state index contributed by atoms with van der Waals surface area (Å²) >= 11 is 5.62. The molecule has 76 valence electrons. The zero-order valence-corrected chi connectivity index (χ0v) is 8.56. The molecule has 0 amide bonds. The summed E-state index contributed by atoms with van der Waals surface area (Å²) in [5.74, 6) is 1.61. The molecule has 1 nitrogen and oxygen atoms in total. The van der Waals surface area contributed by atoms with Gasteiger partial charge in [-0.3, -0.25) is 0 Å². The normalized spacial score (nSPS) is 19.1. The van der Waals surface area contributed by atoms with Gasteiger partial charge in [0.15, 0.2) is 0 Å². The minimum absolute atomic E-state index is 0.190. The highest BCUT2D eigenvalue weighted by Crippen LogP contribution is 2.36. The third-order valence-electron chi connectivity index (χ3n) is 2.54. The van der Waals surface area contributed by atoms with Gasteiger partial charge in [-0.2, -0.15) is 0 Å². The summed E-state index contributed by atoms with van der Waals surface area (Å²) in [6.07, 6.45) is 1.92. The van der Waals surface area contributed by atoms with Crippen LogP contribution in [0.3, 0.4) is 0 Å². The van der Waals surface area contributed by atoms with Gasteiger partial charge in [0, 0.05) is 17.4 Å². The van der Waals surface area contributed by atoms with E-state index in [1.54, 1.807) is 12.1 Å². The van der Waals surface area contributed by atoms with Crippen LogP contribution in [-0.4, -0.2) is 12.5 Å². The van der Waals surface area contributed by atoms with Crippen LogP contribution in [0.1, 0.15) is 24.3 Å². The molecule has 1 aliphatic heterocycles. The summed E-state index contributed by atoms with van der Waals surface area (Å²) in [6, 6.07) is 4.70. The van der Waals surface area contributed by atoms with Crippen LogP contribution in [0.5, 0.6) is 5.75 Å². The maximum atomic E-state index is 13.0. The summed E-state index contributed by atoms with van der Waals surface area (Å²) in [7, 11) is 0. The van der Waals surface area contributed by atoms with Crippen LogP contribution in [0.25, 0.3) is 0 Å². The third-order valence-corrected chi connectivity index (χ3v) is 2.81. The number of hydrogen-bond acceptors (Lipinski definition) is 1. The SMILES string of the molecule is Fc1ccc2c(c1)C(CCCCl)CO2. The van der Waals surface area contributed by atoms with Gasteiger partial charge in [-0.05, 0) is 31.0 Å². The van der Waals surface area contributed by atoms with Crippen molar-refractivity contribution in [3.8, 4) is 5.75 Å². The molecular formula is C11H12ClFO. The second-order valence-electron chi connectivity index (χ2n) is 3.52. The van der Waals surface area contributed by atoms with Gasteiger partial charge >= 0.3 is 0 Å². The van der Waals surface area contributed by atoms with Gasteiger partial charge in [-0.25, -0.2) is 4.39 Å². The van der Waals surface area contributed by atoms with Crippen molar-refractivity contribution in [2.45, 2.75) is 18.8 Å². The van der Waals surface area contributed by atoms with E-state index < -0.39 is 0 Å². The third kappa shape index (κ3) is 1.85. The van der Waals surface area contributed by atoms with Gasteiger partial charge in [0.05, 0.1) is 6.61 Å². The number of alkyl halides is 1. The predicted molar refractivity (Wildman–Crippen MR) is 54.6 cm³/mol. The Morgan fingerprint density at radius 3 is 3.14 bits per heavy atom. The molecule has 1 aromatic rings. The quantitative estimate of drug-likeness (QED) is 0.702. The highest BCUT2D eigenvalue weighted by molar-refractivity contribution is 6.17. The van der Waals surface area contributed by atoms with Crippen LogP contribution in [0.4, 0.5) is 4.39 Å². The summed E-state index contributed by atoms with van der Waals surface area (Å²) in [6.45, 7) is 0.662. The van der Waals surface area contributed by atoms with Crippen molar-refractivity contribution in [1.29, 1.82) is 0 Å². The Morgan fingerprint density at radius 2 is 2.36 bits per heavy atom. The first kappa shape index (κ1) is 9.78. The van der Waals surface area contributed by atoms with E-state index in [4.69, 9.17) is 16.3 Å². The number of ether oxygens (including phenoxy) is 1. The molecule has 0 saturated heterocycles.